The first-order valence-corrected chi connectivity index (χ1v) is 6.10. The van der Waals surface area contributed by atoms with Crippen LogP contribution in [0.25, 0.3) is 0 Å². The fourth-order valence-corrected chi connectivity index (χ4v) is 1.72. The summed E-state index contributed by atoms with van der Waals surface area (Å²) in [6.07, 6.45) is 6.27. The number of ketones is 1. The van der Waals surface area contributed by atoms with E-state index >= 15 is 0 Å². The Morgan fingerprint density at radius 3 is 2.71 bits per heavy atom. The van der Waals surface area contributed by atoms with Crippen molar-refractivity contribution in [3.63, 3.8) is 0 Å². The number of nitrogens with two attached hydrogens (primary N) is 2. The van der Waals surface area contributed by atoms with E-state index in [1.807, 2.05) is 13.0 Å². The van der Waals surface area contributed by atoms with Crippen LogP contribution in [-0.4, -0.2) is 17.3 Å². The van der Waals surface area contributed by atoms with Gasteiger partial charge in [-0.15, -0.1) is 0 Å². The standard InChI is InChI=1S/C13H21N3O/c1-10-8-11(13(15)16-9-10)12(17)6-4-2-3-5-7-14/h8-9H,2-7,14H2,1H3,(H2,15,16). The van der Waals surface area contributed by atoms with Gasteiger partial charge in [0.05, 0.1) is 5.56 Å². The van der Waals surface area contributed by atoms with Crippen molar-refractivity contribution in [2.45, 2.75) is 39.0 Å². The number of pyridine rings is 1. The highest BCUT2D eigenvalue weighted by Crippen LogP contribution is 2.15. The lowest BCUT2D eigenvalue weighted by Crippen LogP contribution is -2.06. The van der Waals surface area contributed by atoms with E-state index in [-0.39, 0.29) is 5.78 Å². The van der Waals surface area contributed by atoms with Crippen molar-refractivity contribution >= 4 is 11.6 Å². The van der Waals surface area contributed by atoms with Gasteiger partial charge in [0.2, 0.25) is 0 Å². The molecule has 94 valence electrons. The molecule has 0 atom stereocenters. The Hall–Kier alpha value is -1.42. The molecule has 0 aliphatic heterocycles. The van der Waals surface area contributed by atoms with Crippen LogP contribution in [0.4, 0.5) is 5.82 Å². The van der Waals surface area contributed by atoms with E-state index in [4.69, 9.17) is 11.5 Å². The maximum atomic E-state index is 11.9. The van der Waals surface area contributed by atoms with E-state index in [1.165, 1.54) is 0 Å². The fourth-order valence-electron chi connectivity index (χ4n) is 1.72. The van der Waals surface area contributed by atoms with Gasteiger partial charge in [0.15, 0.2) is 5.78 Å². The van der Waals surface area contributed by atoms with Gasteiger partial charge < -0.3 is 11.5 Å². The van der Waals surface area contributed by atoms with Gasteiger partial charge >= 0.3 is 0 Å². The first kappa shape index (κ1) is 13.6. The van der Waals surface area contributed by atoms with E-state index < -0.39 is 0 Å². The summed E-state index contributed by atoms with van der Waals surface area (Å²) >= 11 is 0. The number of hydrogen-bond donors (Lipinski definition) is 2. The molecule has 1 heterocycles. The molecule has 4 nitrogen and oxygen atoms in total. The molecule has 4 heteroatoms. The van der Waals surface area contributed by atoms with Crippen LogP contribution in [0.1, 0.15) is 48.0 Å². The van der Waals surface area contributed by atoms with Crippen molar-refractivity contribution in [3.05, 3.63) is 23.4 Å². The highest BCUT2D eigenvalue weighted by molar-refractivity contribution is 6.00. The second kappa shape index (κ2) is 7.01. The van der Waals surface area contributed by atoms with Crippen LogP contribution in [0.3, 0.4) is 0 Å². The maximum absolute atomic E-state index is 11.9. The quantitative estimate of drug-likeness (QED) is 0.560. The molecule has 1 aromatic rings. The van der Waals surface area contributed by atoms with Crippen molar-refractivity contribution < 1.29 is 4.79 Å². The summed E-state index contributed by atoms with van der Waals surface area (Å²) in [6, 6.07) is 1.81. The predicted octanol–water partition coefficient (Wildman–Crippen LogP) is 2.06. The second-order valence-corrected chi connectivity index (χ2v) is 4.32. The average Bonchev–Trinajstić information content (AvgIpc) is 2.32. The number of Topliss-reactive ketones (excluding diaryl/α,β-unsaturated/α-hetero) is 1. The van der Waals surface area contributed by atoms with Gasteiger partial charge in [0.25, 0.3) is 0 Å². The van der Waals surface area contributed by atoms with E-state index in [9.17, 15) is 4.79 Å². The summed E-state index contributed by atoms with van der Waals surface area (Å²) < 4.78 is 0. The molecule has 0 aromatic carbocycles. The lowest BCUT2D eigenvalue weighted by molar-refractivity contribution is 0.0979. The van der Waals surface area contributed by atoms with Gasteiger partial charge in [0, 0.05) is 12.6 Å². The summed E-state index contributed by atoms with van der Waals surface area (Å²) in [6.45, 7) is 2.63. The van der Waals surface area contributed by atoms with Crippen molar-refractivity contribution in [1.82, 2.24) is 4.98 Å². The first-order valence-electron chi connectivity index (χ1n) is 6.10. The molecule has 0 radical (unpaired) electrons. The minimum Gasteiger partial charge on any atom is -0.383 e. The van der Waals surface area contributed by atoms with Gasteiger partial charge in [-0.2, -0.15) is 0 Å². The smallest absolute Gasteiger partial charge is 0.166 e. The van der Waals surface area contributed by atoms with E-state index in [0.717, 1.165) is 37.8 Å². The predicted molar refractivity (Wildman–Crippen MR) is 69.9 cm³/mol. The van der Waals surface area contributed by atoms with Gasteiger partial charge in [-0.25, -0.2) is 4.98 Å². The number of nitrogens with zero attached hydrogens (tertiary/aromatic N) is 1. The zero-order valence-corrected chi connectivity index (χ0v) is 10.4. The summed E-state index contributed by atoms with van der Waals surface area (Å²) in [4.78, 5) is 15.9. The van der Waals surface area contributed by atoms with Crippen molar-refractivity contribution in [3.8, 4) is 0 Å². The molecule has 0 fully saturated rings. The zero-order chi connectivity index (χ0) is 12.7. The van der Waals surface area contributed by atoms with Crippen LogP contribution in [-0.2, 0) is 0 Å². The van der Waals surface area contributed by atoms with Crippen LogP contribution in [0, 0.1) is 6.92 Å². The minimum atomic E-state index is 0.0893. The summed E-state index contributed by atoms with van der Waals surface area (Å²) in [5, 5.41) is 0. The second-order valence-electron chi connectivity index (χ2n) is 4.32. The Morgan fingerprint density at radius 2 is 2.00 bits per heavy atom. The SMILES string of the molecule is Cc1cnc(N)c(C(=O)CCCCCCN)c1. The van der Waals surface area contributed by atoms with Crippen LogP contribution in [0.5, 0.6) is 0 Å². The number of rotatable bonds is 7. The lowest BCUT2D eigenvalue weighted by atomic mass is 10.0. The molecule has 1 rings (SSSR count). The third-order valence-corrected chi connectivity index (χ3v) is 2.71. The number of nitrogen functional groups attached to an aromatic ring is 1. The molecular weight excluding hydrogens is 214 g/mol. The average molecular weight is 235 g/mol. The molecule has 0 amide bonds. The molecule has 0 bridgehead atoms. The highest BCUT2D eigenvalue weighted by Gasteiger charge is 2.10. The molecular formula is C13H21N3O. The summed E-state index contributed by atoms with van der Waals surface area (Å²) in [5.74, 6) is 0.425. The normalized spacial score (nSPS) is 10.5. The number of anilines is 1. The molecule has 1 aromatic heterocycles. The summed E-state index contributed by atoms with van der Waals surface area (Å²) in [5.41, 5.74) is 12.6. The van der Waals surface area contributed by atoms with Crippen LogP contribution >= 0.6 is 0 Å². The number of aromatic nitrogens is 1. The van der Waals surface area contributed by atoms with Crippen molar-refractivity contribution in [2.24, 2.45) is 5.73 Å². The molecule has 0 saturated carbocycles. The number of hydrogen-bond acceptors (Lipinski definition) is 4. The molecule has 0 aliphatic rings. The lowest BCUT2D eigenvalue weighted by Gasteiger charge is -2.05. The first-order chi connectivity index (χ1) is 8.15. The Bertz CT molecular complexity index is 377. The Morgan fingerprint density at radius 1 is 1.29 bits per heavy atom. The van der Waals surface area contributed by atoms with E-state index in [0.29, 0.717) is 17.8 Å². The highest BCUT2D eigenvalue weighted by atomic mass is 16.1. The van der Waals surface area contributed by atoms with Crippen LogP contribution in [0.2, 0.25) is 0 Å². The number of carbonyl (C=O) groups is 1. The molecule has 17 heavy (non-hydrogen) atoms. The maximum Gasteiger partial charge on any atom is 0.166 e. The number of carbonyl (C=O) groups excluding carboxylic acids is 1. The fraction of sp³-hybridized carbons (Fsp3) is 0.538. The Labute approximate surface area is 102 Å². The number of aryl methyl sites for hydroxylation is 1. The van der Waals surface area contributed by atoms with Gasteiger partial charge in [-0.1, -0.05) is 12.8 Å². The summed E-state index contributed by atoms with van der Waals surface area (Å²) in [7, 11) is 0. The van der Waals surface area contributed by atoms with E-state index in [1.54, 1.807) is 6.20 Å². The van der Waals surface area contributed by atoms with Gasteiger partial charge in [-0.05, 0) is 37.9 Å². The Balaban J connectivity index is 2.44. The van der Waals surface area contributed by atoms with Crippen LogP contribution in [0.15, 0.2) is 12.3 Å². The van der Waals surface area contributed by atoms with Gasteiger partial charge in [-0.3, -0.25) is 4.79 Å². The molecule has 0 aliphatic carbocycles. The third kappa shape index (κ3) is 4.53. The van der Waals surface area contributed by atoms with Gasteiger partial charge in [0.1, 0.15) is 5.82 Å². The largest absolute Gasteiger partial charge is 0.383 e. The van der Waals surface area contributed by atoms with E-state index in [2.05, 4.69) is 4.98 Å². The zero-order valence-electron chi connectivity index (χ0n) is 10.4. The minimum absolute atomic E-state index is 0.0893. The number of unbranched alkanes of at least 4 members (excludes halogenated alkanes) is 3. The van der Waals surface area contributed by atoms with Crippen molar-refractivity contribution in [2.75, 3.05) is 12.3 Å². The van der Waals surface area contributed by atoms with Crippen LogP contribution < -0.4 is 11.5 Å². The van der Waals surface area contributed by atoms with Crippen molar-refractivity contribution in [1.29, 1.82) is 0 Å². The third-order valence-electron chi connectivity index (χ3n) is 2.71. The molecule has 0 unspecified atom stereocenters. The molecule has 0 spiro atoms. The molecule has 0 saturated heterocycles. The Kier molecular flexibility index (Phi) is 5.63. The topological polar surface area (TPSA) is 82.0 Å². The molecule has 4 N–H and O–H groups in total. The monoisotopic (exact) mass is 235 g/mol.